The van der Waals surface area contributed by atoms with Gasteiger partial charge in [-0.3, -0.25) is 4.79 Å². The molecule has 2 atom stereocenters. The second-order valence-electron chi connectivity index (χ2n) is 5.38. The summed E-state index contributed by atoms with van der Waals surface area (Å²) in [5.74, 6) is -0.282. The summed E-state index contributed by atoms with van der Waals surface area (Å²) in [5.41, 5.74) is 7.01. The van der Waals surface area contributed by atoms with E-state index in [1.54, 1.807) is 6.07 Å². The molecule has 116 valence electrons. The van der Waals surface area contributed by atoms with Gasteiger partial charge in [-0.1, -0.05) is 40.2 Å². The molecule has 2 unspecified atom stereocenters. The van der Waals surface area contributed by atoms with Crippen LogP contribution < -0.4 is 11.1 Å². The minimum atomic E-state index is -0.692. The Morgan fingerprint density at radius 3 is 2.82 bits per heavy atom. The molecule has 2 aromatic rings. The third-order valence-corrected chi connectivity index (χ3v) is 4.58. The average Bonchev–Trinajstić information content (AvgIpc) is 2.53. The number of hydrogen-bond acceptors (Lipinski definition) is 4. The van der Waals surface area contributed by atoms with Crippen LogP contribution in [0, 0.1) is 0 Å². The molecule has 6 heteroatoms. The van der Waals surface area contributed by atoms with Gasteiger partial charge in [-0.2, -0.15) is 0 Å². The lowest BCUT2D eigenvalue weighted by Gasteiger charge is -2.28. The first kappa shape index (κ1) is 15.3. The summed E-state index contributed by atoms with van der Waals surface area (Å²) in [6.07, 6.45) is -0.107. The van der Waals surface area contributed by atoms with E-state index in [-0.39, 0.29) is 18.6 Å². The number of anilines is 1. The number of amides is 1. The maximum atomic E-state index is 12.5. The second kappa shape index (κ2) is 6.24. The predicted octanol–water partition coefficient (Wildman–Crippen LogP) is 2.06. The van der Waals surface area contributed by atoms with Gasteiger partial charge in [-0.15, -0.1) is 0 Å². The summed E-state index contributed by atoms with van der Waals surface area (Å²) in [6, 6.07) is 9.04. The normalized spacial score (nSPS) is 21.7. The van der Waals surface area contributed by atoms with Crippen molar-refractivity contribution in [3.05, 3.63) is 40.4 Å². The number of aliphatic hydroxyl groups is 1. The van der Waals surface area contributed by atoms with E-state index in [0.29, 0.717) is 24.3 Å². The van der Waals surface area contributed by atoms with Crippen LogP contribution in [0.2, 0.25) is 0 Å². The molecule has 1 saturated heterocycles. The van der Waals surface area contributed by atoms with Crippen molar-refractivity contribution in [1.29, 1.82) is 0 Å². The number of carbonyl (C=O) groups excluding carboxylic acids is 1. The molecular formula is C16H17BrN2O3. The van der Waals surface area contributed by atoms with Gasteiger partial charge in [0.1, 0.15) is 0 Å². The van der Waals surface area contributed by atoms with Crippen molar-refractivity contribution in [2.24, 2.45) is 0 Å². The molecule has 3 rings (SSSR count). The highest BCUT2D eigenvalue weighted by Gasteiger charge is 2.26. The van der Waals surface area contributed by atoms with Gasteiger partial charge in [0.05, 0.1) is 30.0 Å². The molecule has 4 N–H and O–H groups in total. The summed E-state index contributed by atoms with van der Waals surface area (Å²) in [6.45, 7) is 0.765. The number of fused-ring (bicyclic) bond motifs is 1. The summed E-state index contributed by atoms with van der Waals surface area (Å²) >= 11 is 3.48. The number of nitrogens with one attached hydrogen (secondary N) is 1. The van der Waals surface area contributed by atoms with Crippen molar-refractivity contribution >= 4 is 38.3 Å². The first-order chi connectivity index (χ1) is 10.6. The Bertz CT molecular complexity index is 720. The number of aliphatic hydroxyl groups excluding tert-OH is 1. The lowest BCUT2D eigenvalue weighted by molar-refractivity contribution is -0.0260. The number of carbonyl (C=O) groups is 1. The molecule has 1 amide bonds. The van der Waals surface area contributed by atoms with Crippen LogP contribution in [0.5, 0.6) is 0 Å². The Hall–Kier alpha value is -1.63. The smallest absolute Gasteiger partial charge is 0.253 e. The third kappa shape index (κ3) is 2.82. The maximum Gasteiger partial charge on any atom is 0.253 e. The zero-order chi connectivity index (χ0) is 15.7. The van der Waals surface area contributed by atoms with Gasteiger partial charge in [-0.25, -0.2) is 0 Å². The molecule has 0 spiro atoms. The molecule has 0 aliphatic carbocycles. The van der Waals surface area contributed by atoms with Gasteiger partial charge >= 0.3 is 0 Å². The third-order valence-electron chi connectivity index (χ3n) is 3.92. The van der Waals surface area contributed by atoms with Crippen molar-refractivity contribution in [3.63, 3.8) is 0 Å². The van der Waals surface area contributed by atoms with Gasteiger partial charge in [0.15, 0.2) is 0 Å². The van der Waals surface area contributed by atoms with Crippen LogP contribution in [-0.2, 0) is 4.74 Å². The van der Waals surface area contributed by atoms with Crippen LogP contribution in [0.3, 0.4) is 0 Å². The summed E-state index contributed by atoms with van der Waals surface area (Å²) < 4.78 is 5.98. The summed E-state index contributed by atoms with van der Waals surface area (Å²) in [4.78, 5) is 12.5. The van der Waals surface area contributed by atoms with Crippen LogP contribution >= 0.6 is 15.9 Å². The Morgan fingerprint density at radius 2 is 2.09 bits per heavy atom. The number of hydrogen-bond donors (Lipinski definition) is 3. The van der Waals surface area contributed by atoms with E-state index in [1.807, 2.05) is 24.3 Å². The molecular weight excluding hydrogens is 348 g/mol. The van der Waals surface area contributed by atoms with E-state index in [9.17, 15) is 9.90 Å². The van der Waals surface area contributed by atoms with Crippen LogP contribution in [-0.4, -0.2) is 36.4 Å². The van der Waals surface area contributed by atoms with Crippen LogP contribution in [0.25, 0.3) is 10.8 Å². The number of nitrogens with two attached hydrogens (primary N) is 1. The van der Waals surface area contributed by atoms with E-state index in [2.05, 4.69) is 21.2 Å². The summed E-state index contributed by atoms with van der Waals surface area (Å²) in [5, 5.41) is 14.5. The van der Waals surface area contributed by atoms with Gasteiger partial charge in [0.25, 0.3) is 5.91 Å². The van der Waals surface area contributed by atoms with Crippen molar-refractivity contribution < 1.29 is 14.6 Å². The first-order valence-electron chi connectivity index (χ1n) is 7.11. The Morgan fingerprint density at radius 1 is 1.36 bits per heavy atom. The van der Waals surface area contributed by atoms with Gasteiger partial charge < -0.3 is 20.9 Å². The monoisotopic (exact) mass is 364 g/mol. The van der Waals surface area contributed by atoms with Crippen LogP contribution in [0.15, 0.2) is 34.8 Å². The molecule has 1 aliphatic heterocycles. The molecule has 5 nitrogen and oxygen atoms in total. The van der Waals surface area contributed by atoms with E-state index in [1.165, 1.54) is 0 Å². The molecule has 0 saturated carbocycles. The van der Waals surface area contributed by atoms with Crippen molar-refractivity contribution in [2.75, 3.05) is 18.9 Å². The molecule has 1 aliphatic rings. The molecule has 0 bridgehead atoms. The number of rotatable bonds is 2. The topological polar surface area (TPSA) is 84.6 Å². The lowest BCUT2D eigenvalue weighted by Crippen LogP contribution is -2.48. The zero-order valence-corrected chi connectivity index (χ0v) is 13.5. The average molecular weight is 365 g/mol. The van der Waals surface area contributed by atoms with E-state index in [0.717, 1.165) is 15.2 Å². The molecule has 2 aromatic carbocycles. The van der Waals surface area contributed by atoms with E-state index >= 15 is 0 Å². The second-order valence-corrected chi connectivity index (χ2v) is 6.23. The lowest BCUT2D eigenvalue weighted by atomic mass is 10.0. The van der Waals surface area contributed by atoms with Gasteiger partial charge in [0.2, 0.25) is 0 Å². The number of ether oxygens (including phenoxy) is 1. The Kier molecular flexibility index (Phi) is 4.33. The fourth-order valence-electron chi connectivity index (χ4n) is 2.68. The number of halogens is 1. The number of nitrogen functional groups attached to an aromatic ring is 1. The highest BCUT2D eigenvalue weighted by molar-refractivity contribution is 9.10. The standard InChI is InChI=1S/C16H17BrN2O3/c17-12-7-11(15(18)10-4-2-1-3-9(10)12)16(21)19-13-5-6-22-8-14(13)20/h1-4,7,13-14,20H,5-6,8,18H2,(H,19,21). The molecule has 1 heterocycles. The van der Waals surface area contributed by atoms with Crippen molar-refractivity contribution in [1.82, 2.24) is 5.32 Å². The minimum absolute atomic E-state index is 0.238. The highest BCUT2D eigenvalue weighted by atomic mass is 79.9. The zero-order valence-electron chi connectivity index (χ0n) is 11.9. The molecule has 0 radical (unpaired) electrons. The van der Waals surface area contributed by atoms with Crippen LogP contribution in [0.1, 0.15) is 16.8 Å². The van der Waals surface area contributed by atoms with Crippen LogP contribution in [0.4, 0.5) is 5.69 Å². The van der Waals surface area contributed by atoms with E-state index < -0.39 is 6.10 Å². The fraction of sp³-hybridized carbons (Fsp3) is 0.312. The minimum Gasteiger partial charge on any atom is -0.398 e. The maximum absolute atomic E-state index is 12.5. The van der Waals surface area contributed by atoms with Gasteiger partial charge in [-0.05, 0) is 17.9 Å². The summed E-state index contributed by atoms with van der Waals surface area (Å²) in [7, 11) is 0. The number of benzene rings is 2. The highest BCUT2D eigenvalue weighted by Crippen LogP contribution is 2.31. The Labute approximate surface area is 136 Å². The fourth-order valence-corrected chi connectivity index (χ4v) is 3.25. The predicted molar refractivity (Wildman–Crippen MR) is 88.8 cm³/mol. The van der Waals surface area contributed by atoms with Gasteiger partial charge in [0, 0.05) is 16.5 Å². The molecule has 1 fully saturated rings. The Balaban J connectivity index is 1.92. The van der Waals surface area contributed by atoms with Crippen molar-refractivity contribution in [2.45, 2.75) is 18.6 Å². The van der Waals surface area contributed by atoms with Crippen molar-refractivity contribution in [3.8, 4) is 0 Å². The molecule has 22 heavy (non-hydrogen) atoms. The SMILES string of the molecule is Nc1c(C(=O)NC2CCOCC2O)cc(Br)c2ccccc12. The first-order valence-corrected chi connectivity index (χ1v) is 7.90. The quantitative estimate of drug-likeness (QED) is 0.712. The molecule has 0 aromatic heterocycles. The largest absolute Gasteiger partial charge is 0.398 e. The van der Waals surface area contributed by atoms with E-state index in [4.69, 9.17) is 10.5 Å².